The molecular weight excluding hydrogens is 142 g/mol. The molecule has 11 heavy (non-hydrogen) atoms. The number of nitrogens with one attached hydrogen (secondary N) is 1. The van der Waals surface area contributed by atoms with Crippen molar-refractivity contribution in [2.45, 2.75) is 6.92 Å². The van der Waals surface area contributed by atoms with Gasteiger partial charge >= 0.3 is 0 Å². The monoisotopic (exact) mass is 159 g/mol. The van der Waals surface area contributed by atoms with Crippen LogP contribution >= 0.6 is 0 Å². The number of amides is 1. The van der Waals surface area contributed by atoms with Gasteiger partial charge in [-0.1, -0.05) is 0 Å². The first-order valence-electron chi connectivity index (χ1n) is 3.86. The Hall–Kier alpha value is -0.610. The van der Waals surface area contributed by atoms with Crippen LogP contribution in [-0.2, 0) is 4.79 Å². The molecule has 0 aromatic heterocycles. The van der Waals surface area contributed by atoms with Crippen molar-refractivity contribution in [2.75, 3.05) is 33.2 Å². The summed E-state index contributed by atoms with van der Waals surface area (Å²) in [5.41, 5.74) is 5.31. The molecule has 0 aliphatic heterocycles. The van der Waals surface area contributed by atoms with Gasteiger partial charge in [0.15, 0.2) is 0 Å². The number of hydrogen-bond acceptors (Lipinski definition) is 3. The summed E-state index contributed by atoms with van der Waals surface area (Å²) in [5.74, 6) is 0.0588. The fraction of sp³-hybridized carbons (Fsp3) is 0.857. The Morgan fingerprint density at radius 2 is 2.27 bits per heavy atom. The second kappa shape index (κ2) is 6.12. The van der Waals surface area contributed by atoms with Crippen LogP contribution in [0.2, 0.25) is 0 Å². The van der Waals surface area contributed by atoms with Crippen LogP contribution in [0.1, 0.15) is 6.92 Å². The Kier molecular flexibility index (Phi) is 5.78. The highest BCUT2D eigenvalue weighted by atomic mass is 16.1. The van der Waals surface area contributed by atoms with E-state index in [-0.39, 0.29) is 5.91 Å². The molecule has 4 nitrogen and oxygen atoms in total. The van der Waals surface area contributed by atoms with Crippen molar-refractivity contribution < 1.29 is 4.79 Å². The van der Waals surface area contributed by atoms with E-state index < -0.39 is 0 Å². The van der Waals surface area contributed by atoms with Gasteiger partial charge in [-0.15, -0.1) is 0 Å². The summed E-state index contributed by atoms with van der Waals surface area (Å²) in [6, 6.07) is 0. The third-order valence-electron chi connectivity index (χ3n) is 1.30. The van der Waals surface area contributed by atoms with Gasteiger partial charge in [0.25, 0.3) is 0 Å². The average Bonchev–Trinajstić information content (AvgIpc) is 1.87. The summed E-state index contributed by atoms with van der Waals surface area (Å²) in [7, 11) is 1.88. The Bertz CT molecular complexity index is 116. The first kappa shape index (κ1) is 10.4. The number of nitrogens with zero attached hydrogens (tertiary/aromatic N) is 1. The first-order chi connectivity index (χ1) is 5.20. The number of nitrogens with two attached hydrogens (primary N) is 1. The molecule has 0 saturated heterocycles. The van der Waals surface area contributed by atoms with Gasteiger partial charge in [0.1, 0.15) is 0 Å². The highest BCUT2D eigenvalue weighted by Gasteiger charge is 2.02. The molecule has 0 aromatic rings. The zero-order chi connectivity index (χ0) is 8.69. The molecule has 0 unspecified atom stereocenters. The van der Waals surface area contributed by atoms with Crippen molar-refractivity contribution in [3.05, 3.63) is 0 Å². The zero-order valence-electron chi connectivity index (χ0n) is 7.26. The number of carbonyl (C=O) groups is 1. The molecule has 0 atom stereocenters. The Morgan fingerprint density at radius 3 is 2.73 bits per heavy atom. The maximum atomic E-state index is 10.9. The van der Waals surface area contributed by atoms with E-state index in [0.717, 1.165) is 6.54 Å². The van der Waals surface area contributed by atoms with Crippen LogP contribution in [-0.4, -0.2) is 44.0 Å². The highest BCUT2D eigenvalue weighted by molar-refractivity contribution is 5.77. The molecule has 4 heteroatoms. The van der Waals surface area contributed by atoms with Crippen molar-refractivity contribution in [3.8, 4) is 0 Å². The lowest BCUT2D eigenvalue weighted by atomic mass is 10.5. The molecule has 0 radical (unpaired) electrons. The van der Waals surface area contributed by atoms with Crippen LogP contribution in [0.25, 0.3) is 0 Å². The van der Waals surface area contributed by atoms with Gasteiger partial charge in [0, 0.05) is 19.6 Å². The molecule has 1 amide bonds. The number of carbonyl (C=O) groups excluding carboxylic acids is 1. The third kappa shape index (κ3) is 5.82. The molecule has 0 aliphatic carbocycles. The van der Waals surface area contributed by atoms with E-state index in [1.165, 1.54) is 0 Å². The van der Waals surface area contributed by atoms with E-state index in [4.69, 9.17) is 5.73 Å². The second-order valence-electron chi connectivity index (χ2n) is 2.48. The molecule has 0 aliphatic rings. The van der Waals surface area contributed by atoms with Crippen LogP contribution in [0.5, 0.6) is 0 Å². The van der Waals surface area contributed by atoms with Crippen molar-refractivity contribution >= 4 is 5.91 Å². The summed E-state index contributed by atoms with van der Waals surface area (Å²) in [4.78, 5) is 12.8. The minimum atomic E-state index is 0.0588. The second-order valence-corrected chi connectivity index (χ2v) is 2.48. The molecule has 3 N–H and O–H groups in total. The summed E-state index contributed by atoms with van der Waals surface area (Å²) in [5, 5.41) is 2.71. The van der Waals surface area contributed by atoms with Gasteiger partial charge in [-0.05, 0) is 14.0 Å². The van der Waals surface area contributed by atoms with Crippen molar-refractivity contribution in [3.63, 3.8) is 0 Å². The minimum absolute atomic E-state index is 0.0588. The van der Waals surface area contributed by atoms with Crippen molar-refractivity contribution in [1.82, 2.24) is 10.2 Å². The molecule has 0 rings (SSSR count). The van der Waals surface area contributed by atoms with Crippen LogP contribution in [0.4, 0.5) is 0 Å². The Balaban J connectivity index is 3.40. The number of hydrogen-bond donors (Lipinski definition) is 2. The van der Waals surface area contributed by atoms with Gasteiger partial charge in [0.05, 0.1) is 6.54 Å². The summed E-state index contributed by atoms with van der Waals surface area (Å²) in [6.07, 6.45) is 0. The Morgan fingerprint density at radius 1 is 1.64 bits per heavy atom. The first-order valence-corrected chi connectivity index (χ1v) is 3.86. The standard InChI is InChI=1S/C7H17N3O/c1-3-9-7(11)6-10(2)5-4-8/h3-6,8H2,1-2H3,(H,9,11). The number of rotatable bonds is 5. The smallest absolute Gasteiger partial charge is 0.234 e. The highest BCUT2D eigenvalue weighted by Crippen LogP contribution is 1.78. The summed E-state index contributed by atoms with van der Waals surface area (Å²) >= 11 is 0. The fourth-order valence-electron chi connectivity index (χ4n) is 0.798. The average molecular weight is 159 g/mol. The van der Waals surface area contributed by atoms with Crippen LogP contribution < -0.4 is 11.1 Å². The fourth-order valence-corrected chi connectivity index (χ4v) is 0.798. The molecule has 0 spiro atoms. The molecule has 0 saturated carbocycles. The molecule has 0 fully saturated rings. The van der Waals surface area contributed by atoms with E-state index in [0.29, 0.717) is 19.6 Å². The van der Waals surface area contributed by atoms with E-state index in [9.17, 15) is 4.79 Å². The molecule has 0 aromatic carbocycles. The lowest BCUT2D eigenvalue weighted by Gasteiger charge is -2.13. The van der Waals surface area contributed by atoms with Gasteiger partial charge in [-0.3, -0.25) is 9.69 Å². The molecule has 0 heterocycles. The zero-order valence-corrected chi connectivity index (χ0v) is 7.26. The SMILES string of the molecule is CCNC(=O)CN(C)CCN. The van der Waals surface area contributed by atoms with Gasteiger partial charge in [-0.25, -0.2) is 0 Å². The minimum Gasteiger partial charge on any atom is -0.355 e. The third-order valence-corrected chi connectivity index (χ3v) is 1.30. The van der Waals surface area contributed by atoms with Crippen LogP contribution in [0, 0.1) is 0 Å². The van der Waals surface area contributed by atoms with E-state index >= 15 is 0 Å². The Labute approximate surface area is 67.7 Å². The maximum Gasteiger partial charge on any atom is 0.234 e. The summed E-state index contributed by atoms with van der Waals surface area (Å²) in [6.45, 7) is 4.38. The van der Waals surface area contributed by atoms with Gasteiger partial charge in [-0.2, -0.15) is 0 Å². The lowest BCUT2D eigenvalue weighted by molar-refractivity contribution is -0.121. The molecule has 0 bridgehead atoms. The van der Waals surface area contributed by atoms with E-state index in [1.54, 1.807) is 0 Å². The van der Waals surface area contributed by atoms with E-state index in [2.05, 4.69) is 5.32 Å². The topological polar surface area (TPSA) is 58.4 Å². The van der Waals surface area contributed by atoms with Crippen molar-refractivity contribution in [2.24, 2.45) is 5.73 Å². The van der Waals surface area contributed by atoms with E-state index in [1.807, 2.05) is 18.9 Å². The summed E-state index contributed by atoms with van der Waals surface area (Å²) < 4.78 is 0. The molecular formula is C7H17N3O. The predicted octanol–water partition coefficient (Wildman–Crippen LogP) is -0.987. The molecule has 66 valence electrons. The van der Waals surface area contributed by atoms with Crippen LogP contribution in [0.3, 0.4) is 0 Å². The maximum absolute atomic E-state index is 10.9. The van der Waals surface area contributed by atoms with Gasteiger partial charge < -0.3 is 11.1 Å². The van der Waals surface area contributed by atoms with Crippen molar-refractivity contribution in [1.29, 1.82) is 0 Å². The quantitative estimate of drug-likeness (QED) is 0.541. The van der Waals surface area contributed by atoms with Crippen LogP contribution in [0.15, 0.2) is 0 Å². The predicted molar refractivity (Wildman–Crippen MR) is 45.2 cm³/mol. The lowest BCUT2D eigenvalue weighted by Crippen LogP contribution is -2.37. The normalized spacial score (nSPS) is 10.2. The largest absolute Gasteiger partial charge is 0.355 e. The number of likely N-dealkylation sites (N-methyl/N-ethyl adjacent to an activating group) is 2. The van der Waals surface area contributed by atoms with Gasteiger partial charge in [0.2, 0.25) is 5.91 Å².